The molecule has 166 valence electrons. The molecule has 4 heterocycles. The summed E-state index contributed by atoms with van der Waals surface area (Å²) in [5, 5.41) is 19.3. The van der Waals surface area contributed by atoms with Gasteiger partial charge in [0.1, 0.15) is 11.2 Å². The van der Waals surface area contributed by atoms with Crippen LogP contribution >= 0.6 is 0 Å². The molecule has 0 radical (unpaired) electrons. The molecule has 2 N–H and O–H groups in total. The van der Waals surface area contributed by atoms with E-state index in [9.17, 15) is 13.7 Å². The predicted molar refractivity (Wildman–Crippen MR) is 121 cm³/mol. The minimum atomic E-state index is -3.35. The first-order chi connectivity index (χ1) is 15.8. The van der Waals surface area contributed by atoms with Gasteiger partial charge in [-0.15, -0.1) is 0 Å². The molecule has 11 nitrogen and oxygen atoms in total. The van der Waals surface area contributed by atoms with Gasteiger partial charge in [0, 0.05) is 48.2 Å². The van der Waals surface area contributed by atoms with E-state index in [2.05, 4.69) is 31.2 Å². The fraction of sp³-hybridized carbons (Fsp3) is 0.238. The van der Waals surface area contributed by atoms with E-state index in [1.807, 2.05) is 24.3 Å². The quantitative estimate of drug-likeness (QED) is 0.464. The maximum absolute atomic E-state index is 11.9. The second-order valence-corrected chi connectivity index (χ2v) is 10.0. The Morgan fingerprint density at radius 3 is 2.61 bits per heavy atom. The summed E-state index contributed by atoms with van der Waals surface area (Å²) in [4.78, 5) is 14.1. The maximum atomic E-state index is 11.9. The van der Waals surface area contributed by atoms with Crippen molar-refractivity contribution in [1.82, 2.24) is 34.3 Å². The minimum absolute atomic E-state index is 0.0955. The first-order valence-corrected chi connectivity index (χ1v) is 11.9. The number of aromatic nitrogens is 6. The highest BCUT2D eigenvalue weighted by atomic mass is 32.2. The van der Waals surface area contributed by atoms with Gasteiger partial charge in [-0.1, -0.05) is 6.07 Å². The van der Waals surface area contributed by atoms with Crippen molar-refractivity contribution in [1.29, 1.82) is 5.26 Å². The molecule has 12 heteroatoms. The van der Waals surface area contributed by atoms with E-state index < -0.39 is 15.6 Å². The van der Waals surface area contributed by atoms with Crippen LogP contribution in [-0.4, -0.2) is 62.0 Å². The van der Waals surface area contributed by atoms with Crippen LogP contribution in [0.25, 0.3) is 33.3 Å². The summed E-state index contributed by atoms with van der Waals surface area (Å²) < 4.78 is 25.1. The Morgan fingerprint density at radius 1 is 1.15 bits per heavy atom. The van der Waals surface area contributed by atoms with Crippen LogP contribution in [-0.2, 0) is 15.6 Å². The minimum Gasteiger partial charge on any atom is -0.368 e. The molecular weight excluding hydrogens is 442 g/mol. The van der Waals surface area contributed by atoms with E-state index >= 15 is 0 Å². The number of nitrogens with zero attached hydrogens (tertiary/aromatic N) is 8. The summed E-state index contributed by atoms with van der Waals surface area (Å²) in [5.41, 5.74) is 8.57. The van der Waals surface area contributed by atoms with E-state index in [1.165, 1.54) is 9.10 Å². The summed E-state index contributed by atoms with van der Waals surface area (Å²) >= 11 is 0. The molecule has 0 unspecified atom stereocenters. The molecule has 0 aliphatic carbocycles. The number of nitrogens with two attached hydrogens (primary N) is 1. The molecule has 1 saturated heterocycles. The second kappa shape index (κ2) is 7.58. The van der Waals surface area contributed by atoms with Crippen molar-refractivity contribution in [3.05, 3.63) is 49.1 Å². The molecule has 0 bridgehead atoms. The Labute approximate surface area is 189 Å². The number of pyridine rings is 1. The lowest BCUT2D eigenvalue weighted by molar-refractivity contribution is 0.0579. The Morgan fingerprint density at radius 2 is 1.91 bits per heavy atom. The largest absolute Gasteiger partial charge is 0.368 e. The second-order valence-electron chi connectivity index (χ2n) is 8.03. The molecule has 5 rings (SSSR count). The molecule has 0 saturated carbocycles. The summed E-state index contributed by atoms with van der Waals surface area (Å²) in [6.45, 7) is 0.303. The van der Waals surface area contributed by atoms with Crippen LogP contribution in [0, 0.1) is 11.3 Å². The maximum Gasteiger partial charge on any atom is 0.219 e. The zero-order chi connectivity index (χ0) is 23.2. The van der Waals surface area contributed by atoms with Crippen molar-refractivity contribution in [2.45, 2.75) is 12.0 Å². The van der Waals surface area contributed by atoms with Crippen LogP contribution < -0.4 is 5.73 Å². The smallest absolute Gasteiger partial charge is 0.219 e. The van der Waals surface area contributed by atoms with Gasteiger partial charge in [0.15, 0.2) is 0 Å². The lowest BCUT2D eigenvalue weighted by Gasteiger charge is -2.46. The van der Waals surface area contributed by atoms with Gasteiger partial charge in [-0.2, -0.15) is 24.6 Å². The SMILES string of the molecule is CS(=O)(=O)N1CC(CC#N)(n2ncc(-c3cc(-c4cnc(N)nc4)cc4ncccc34)n2)C1. The molecule has 1 fully saturated rings. The number of hydrogen-bond acceptors (Lipinski definition) is 9. The van der Waals surface area contributed by atoms with Crippen LogP contribution in [0.2, 0.25) is 0 Å². The van der Waals surface area contributed by atoms with E-state index in [-0.39, 0.29) is 25.5 Å². The van der Waals surface area contributed by atoms with Crippen molar-refractivity contribution >= 4 is 26.9 Å². The van der Waals surface area contributed by atoms with Gasteiger partial charge in [-0.25, -0.2) is 18.4 Å². The zero-order valence-corrected chi connectivity index (χ0v) is 18.4. The van der Waals surface area contributed by atoms with Gasteiger partial charge in [-0.3, -0.25) is 4.98 Å². The average Bonchev–Trinajstić information content (AvgIpc) is 3.25. The highest BCUT2D eigenvalue weighted by Gasteiger charge is 2.50. The Balaban J connectivity index is 1.59. The first kappa shape index (κ1) is 20.9. The highest BCUT2D eigenvalue weighted by molar-refractivity contribution is 7.88. The van der Waals surface area contributed by atoms with Crippen LogP contribution in [0.1, 0.15) is 6.42 Å². The van der Waals surface area contributed by atoms with Crippen molar-refractivity contribution in [2.75, 3.05) is 25.1 Å². The number of benzene rings is 1. The fourth-order valence-corrected chi connectivity index (χ4v) is 4.91. The van der Waals surface area contributed by atoms with E-state index in [0.717, 1.165) is 33.8 Å². The number of hydrogen-bond donors (Lipinski definition) is 1. The molecule has 1 aliphatic heterocycles. The van der Waals surface area contributed by atoms with Crippen molar-refractivity contribution in [2.24, 2.45) is 0 Å². The predicted octanol–water partition coefficient (Wildman–Crippen LogP) is 1.42. The Hall–Kier alpha value is -3.95. The van der Waals surface area contributed by atoms with E-state index in [0.29, 0.717) is 5.69 Å². The molecule has 3 aromatic heterocycles. The summed E-state index contributed by atoms with van der Waals surface area (Å²) in [7, 11) is -3.35. The third-order valence-electron chi connectivity index (χ3n) is 5.74. The molecule has 0 atom stereocenters. The number of anilines is 1. The Bertz CT molecular complexity index is 1500. The third kappa shape index (κ3) is 3.67. The molecule has 0 spiro atoms. The van der Waals surface area contributed by atoms with Crippen LogP contribution in [0.4, 0.5) is 5.95 Å². The first-order valence-electron chi connectivity index (χ1n) is 10.0. The number of rotatable bonds is 5. The van der Waals surface area contributed by atoms with Gasteiger partial charge in [0.2, 0.25) is 16.0 Å². The topological polar surface area (TPSA) is 157 Å². The van der Waals surface area contributed by atoms with Crippen LogP contribution in [0.3, 0.4) is 0 Å². The van der Waals surface area contributed by atoms with Crippen molar-refractivity contribution < 1.29 is 8.42 Å². The summed E-state index contributed by atoms with van der Waals surface area (Å²) in [5.74, 6) is 0.187. The van der Waals surface area contributed by atoms with Gasteiger partial charge >= 0.3 is 0 Å². The van der Waals surface area contributed by atoms with Crippen LogP contribution in [0.15, 0.2) is 49.1 Å². The van der Waals surface area contributed by atoms with E-state index in [1.54, 1.807) is 24.8 Å². The molecule has 33 heavy (non-hydrogen) atoms. The van der Waals surface area contributed by atoms with Crippen molar-refractivity contribution in [3.8, 4) is 28.5 Å². The van der Waals surface area contributed by atoms with Crippen molar-refractivity contribution in [3.63, 3.8) is 0 Å². The van der Waals surface area contributed by atoms with Gasteiger partial charge in [0.05, 0.1) is 30.5 Å². The zero-order valence-electron chi connectivity index (χ0n) is 17.6. The molecule has 1 aliphatic rings. The lowest BCUT2D eigenvalue weighted by atomic mass is 9.90. The molecule has 1 aromatic carbocycles. The lowest BCUT2D eigenvalue weighted by Crippen LogP contribution is -2.64. The highest BCUT2D eigenvalue weighted by Crippen LogP contribution is 2.36. The average molecular weight is 462 g/mol. The standard InChI is InChI=1S/C21H19N9O2S/c1-33(31,32)29-12-21(13-29,4-5-22)30-27-11-19(28-30)17-7-14(15-9-25-20(23)26-10-15)8-18-16(17)3-2-6-24-18/h2-3,6-11H,4,12-13H2,1H3,(H2,23,25,26). The number of nitriles is 1. The number of fused-ring (bicyclic) bond motifs is 1. The monoisotopic (exact) mass is 461 g/mol. The van der Waals surface area contributed by atoms with Gasteiger partial charge < -0.3 is 5.73 Å². The third-order valence-corrected chi connectivity index (χ3v) is 6.93. The number of nitrogen functional groups attached to an aromatic ring is 1. The molecular formula is C21H19N9O2S. The summed E-state index contributed by atoms with van der Waals surface area (Å²) in [6, 6.07) is 9.81. The number of sulfonamides is 1. The van der Waals surface area contributed by atoms with E-state index in [4.69, 9.17) is 5.73 Å². The Kier molecular flexibility index (Phi) is 4.80. The molecule has 4 aromatic rings. The fourth-order valence-electron chi connectivity index (χ4n) is 3.96. The summed E-state index contributed by atoms with van der Waals surface area (Å²) in [6.07, 6.45) is 7.86. The molecule has 0 amide bonds. The van der Waals surface area contributed by atoms with Crippen LogP contribution in [0.5, 0.6) is 0 Å². The van der Waals surface area contributed by atoms with Gasteiger partial charge in [-0.05, 0) is 23.8 Å². The van der Waals surface area contributed by atoms with Gasteiger partial charge in [0.25, 0.3) is 0 Å². The normalized spacial score (nSPS) is 15.8.